The van der Waals surface area contributed by atoms with Crippen LogP contribution < -0.4 is 10.9 Å². The average molecular weight is 441 g/mol. The zero-order valence-corrected chi connectivity index (χ0v) is 18.2. The number of aromatic amines is 1. The maximum absolute atomic E-state index is 13.1. The van der Waals surface area contributed by atoms with Crippen LogP contribution in [0.3, 0.4) is 0 Å². The van der Waals surface area contributed by atoms with E-state index in [0.717, 1.165) is 11.1 Å². The number of hydrogen-bond donors (Lipinski definition) is 2. The number of hydrogen-bond acceptors (Lipinski definition) is 4. The summed E-state index contributed by atoms with van der Waals surface area (Å²) in [5, 5.41) is 7.42. The predicted molar refractivity (Wildman–Crippen MR) is 119 cm³/mol. The van der Waals surface area contributed by atoms with E-state index < -0.39 is 17.5 Å². The van der Waals surface area contributed by atoms with Gasteiger partial charge < -0.3 is 10.3 Å². The van der Waals surface area contributed by atoms with Gasteiger partial charge in [0.25, 0.3) is 11.5 Å². The van der Waals surface area contributed by atoms with Crippen molar-refractivity contribution in [3.63, 3.8) is 0 Å². The van der Waals surface area contributed by atoms with Gasteiger partial charge in [0.15, 0.2) is 5.78 Å². The molecule has 0 bridgehead atoms. The van der Waals surface area contributed by atoms with Crippen LogP contribution in [0.2, 0.25) is 5.02 Å². The third kappa shape index (κ3) is 4.11. The fourth-order valence-electron chi connectivity index (χ4n) is 3.86. The van der Waals surface area contributed by atoms with Gasteiger partial charge in [0.2, 0.25) is 0 Å². The summed E-state index contributed by atoms with van der Waals surface area (Å²) >= 11 is 7.52. The molecule has 2 aromatic heterocycles. The Morgan fingerprint density at radius 3 is 2.53 bits per heavy atom. The summed E-state index contributed by atoms with van der Waals surface area (Å²) < 4.78 is 0. The number of carbonyl (C=O) groups is 2. The molecule has 0 aliphatic heterocycles. The molecule has 0 saturated heterocycles. The molecule has 154 valence electrons. The number of aromatic nitrogens is 1. The summed E-state index contributed by atoms with van der Waals surface area (Å²) in [5.41, 5.74) is 2.02. The van der Waals surface area contributed by atoms with Crippen molar-refractivity contribution in [2.24, 2.45) is 5.41 Å². The molecule has 0 fully saturated rings. The minimum atomic E-state index is -0.525. The first-order valence-corrected chi connectivity index (χ1v) is 10.9. The van der Waals surface area contributed by atoms with Crippen LogP contribution in [-0.2, 0) is 6.42 Å². The molecule has 1 aliphatic rings. The van der Waals surface area contributed by atoms with Crippen LogP contribution in [0.4, 0.5) is 0 Å². The van der Waals surface area contributed by atoms with Gasteiger partial charge in [-0.15, -0.1) is 0 Å². The number of Topliss-reactive ketones (excluding diaryl/α,β-unsaturated/α-hetero) is 1. The number of rotatable bonds is 4. The normalized spacial score (nSPS) is 16.0. The van der Waals surface area contributed by atoms with Gasteiger partial charge in [-0.25, -0.2) is 0 Å². The van der Waals surface area contributed by atoms with Crippen molar-refractivity contribution >= 4 is 34.6 Å². The van der Waals surface area contributed by atoms with Gasteiger partial charge in [-0.05, 0) is 58.0 Å². The van der Waals surface area contributed by atoms with Crippen molar-refractivity contribution in [3.8, 4) is 0 Å². The van der Waals surface area contributed by atoms with E-state index in [1.54, 1.807) is 12.1 Å². The molecule has 0 radical (unpaired) electrons. The van der Waals surface area contributed by atoms with E-state index in [4.69, 9.17) is 11.6 Å². The lowest BCUT2D eigenvalue weighted by molar-refractivity contribution is 0.0910. The lowest BCUT2D eigenvalue weighted by Gasteiger charge is -2.29. The molecule has 4 rings (SSSR count). The zero-order chi connectivity index (χ0) is 21.5. The molecule has 3 aromatic rings. The molecule has 0 saturated carbocycles. The van der Waals surface area contributed by atoms with Crippen LogP contribution in [0.5, 0.6) is 0 Å². The second kappa shape index (κ2) is 7.85. The fourth-order valence-corrected chi connectivity index (χ4v) is 4.67. The summed E-state index contributed by atoms with van der Waals surface area (Å²) in [6.45, 7) is 3.98. The van der Waals surface area contributed by atoms with Crippen LogP contribution in [-0.4, -0.2) is 16.7 Å². The van der Waals surface area contributed by atoms with Gasteiger partial charge in [-0.1, -0.05) is 37.6 Å². The Balaban J connectivity index is 1.68. The smallest absolute Gasteiger partial charge is 0.261 e. The standard InChI is InChI=1S/C23H21ClN2O3S/c1-23(2)10-18-16(19(27)11-23)9-17(21(28)25-18)22(29)26-20(14-7-8-30-12-14)13-3-5-15(24)6-4-13/h3-9,12,20H,10-11H2,1-2H3,(H,25,28)(H,26,29). The van der Waals surface area contributed by atoms with E-state index in [9.17, 15) is 14.4 Å². The van der Waals surface area contributed by atoms with Gasteiger partial charge in [-0.2, -0.15) is 11.3 Å². The Labute approximate surface area is 183 Å². The summed E-state index contributed by atoms with van der Waals surface area (Å²) in [4.78, 5) is 41.1. The monoisotopic (exact) mass is 440 g/mol. The predicted octanol–water partition coefficient (Wildman–Crippen LogP) is 4.76. The SMILES string of the molecule is CC1(C)CC(=O)c2cc(C(=O)NC(c3ccc(Cl)cc3)c3ccsc3)c(=O)[nH]c2C1. The summed E-state index contributed by atoms with van der Waals surface area (Å²) in [6.07, 6.45) is 0.975. The highest BCUT2D eigenvalue weighted by Crippen LogP contribution is 2.33. The first-order valence-electron chi connectivity index (χ1n) is 9.61. The van der Waals surface area contributed by atoms with Gasteiger partial charge in [0.05, 0.1) is 6.04 Å². The van der Waals surface area contributed by atoms with E-state index in [2.05, 4.69) is 10.3 Å². The maximum Gasteiger partial charge on any atom is 0.261 e. The largest absolute Gasteiger partial charge is 0.341 e. The summed E-state index contributed by atoms with van der Waals surface area (Å²) in [7, 11) is 0. The minimum absolute atomic E-state index is 0.0568. The Hall–Kier alpha value is -2.70. The number of benzene rings is 1. The molecule has 5 nitrogen and oxygen atoms in total. The van der Waals surface area contributed by atoms with Crippen LogP contribution in [0.25, 0.3) is 0 Å². The number of fused-ring (bicyclic) bond motifs is 1. The maximum atomic E-state index is 13.1. The number of halogens is 1. The lowest BCUT2D eigenvalue weighted by atomic mass is 9.75. The summed E-state index contributed by atoms with van der Waals surface area (Å²) in [5.74, 6) is -0.582. The summed E-state index contributed by atoms with van der Waals surface area (Å²) in [6, 6.07) is 10.1. The highest BCUT2D eigenvalue weighted by molar-refractivity contribution is 7.08. The number of pyridine rings is 1. The van der Waals surface area contributed by atoms with Crippen LogP contribution in [0, 0.1) is 5.41 Å². The number of nitrogens with one attached hydrogen (secondary N) is 2. The molecule has 0 spiro atoms. The quantitative estimate of drug-likeness (QED) is 0.613. The topological polar surface area (TPSA) is 79.0 Å². The van der Waals surface area contributed by atoms with Crippen molar-refractivity contribution in [2.45, 2.75) is 32.7 Å². The molecule has 2 N–H and O–H groups in total. The lowest BCUT2D eigenvalue weighted by Crippen LogP contribution is -2.36. The van der Waals surface area contributed by atoms with Crippen LogP contribution in [0.1, 0.15) is 63.8 Å². The van der Waals surface area contributed by atoms with Gasteiger partial charge >= 0.3 is 0 Å². The molecule has 1 atom stereocenters. The number of amides is 1. The molecule has 1 aromatic carbocycles. The van der Waals surface area contributed by atoms with E-state index in [1.807, 2.05) is 42.8 Å². The molecule has 1 unspecified atom stereocenters. The Morgan fingerprint density at radius 1 is 1.13 bits per heavy atom. The second-order valence-corrected chi connectivity index (χ2v) is 9.58. The Bertz CT molecular complexity index is 1160. The average Bonchev–Trinajstić information content (AvgIpc) is 3.20. The van der Waals surface area contributed by atoms with E-state index >= 15 is 0 Å². The van der Waals surface area contributed by atoms with Crippen molar-refractivity contribution in [2.75, 3.05) is 0 Å². The molecular weight excluding hydrogens is 420 g/mol. The van der Waals surface area contributed by atoms with Gasteiger partial charge in [-0.3, -0.25) is 14.4 Å². The Kier molecular flexibility index (Phi) is 5.38. The van der Waals surface area contributed by atoms with Crippen molar-refractivity contribution < 1.29 is 9.59 Å². The van der Waals surface area contributed by atoms with Crippen LogP contribution in [0.15, 0.2) is 52.0 Å². The van der Waals surface area contributed by atoms with E-state index in [-0.39, 0.29) is 16.8 Å². The second-order valence-electron chi connectivity index (χ2n) is 8.36. The molecule has 1 aliphatic carbocycles. The van der Waals surface area contributed by atoms with Crippen molar-refractivity contribution in [3.05, 3.63) is 90.5 Å². The molecule has 7 heteroatoms. The molecule has 30 heavy (non-hydrogen) atoms. The molecule has 2 heterocycles. The van der Waals surface area contributed by atoms with Gasteiger partial charge in [0, 0.05) is 22.7 Å². The number of carbonyl (C=O) groups excluding carboxylic acids is 2. The highest BCUT2D eigenvalue weighted by Gasteiger charge is 2.33. The zero-order valence-electron chi connectivity index (χ0n) is 16.6. The third-order valence-corrected chi connectivity index (χ3v) is 6.27. The fraction of sp³-hybridized carbons (Fsp3) is 0.261. The first kappa shape index (κ1) is 20.6. The number of thiophene rings is 1. The Morgan fingerprint density at radius 2 is 1.87 bits per heavy atom. The van der Waals surface area contributed by atoms with Crippen molar-refractivity contribution in [1.82, 2.24) is 10.3 Å². The minimum Gasteiger partial charge on any atom is -0.341 e. The van der Waals surface area contributed by atoms with Gasteiger partial charge in [0.1, 0.15) is 5.56 Å². The number of ketones is 1. The highest BCUT2D eigenvalue weighted by atomic mass is 35.5. The molecule has 1 amide bonds. The number of H-pyrrole nitrogens is 1. The van der Waals surface area contributed by atoms with E-state index in [0.29, 0.717) is 29.1 Å². The van der Waals surface area contributed by atoms with Crippen molar-refractivity contribution in [1.29, 1.82) is 0 Å². The van der Waals surface area contributed by atoms with E-state index in [1.165, 1.54) is 17.4 Å². The molecular formula is C23H21ClN2O3S. The van der Waals surface area contributed by atoms with Crippen LogP contribution >= 0.6 is 22.9 Å². The third-order valence-electron chi connectivity index (χ3n) is 5.32. The first-order chi connectivity index (χ1) is 14.2.